The lowest BCUT2D eigenvalue weighted by Crippen LogP contribution is -2.31. The van der Waals surface area contributed by atoms with E-state index in [0.717, 1.165) is 31.6 Å². The molecule has 0 aromatic carbocycles. The molecule has 0 bridgehead atoms. The van der Waals surface area contributed by atoms with Crippen LogP contribution in [0.5, 0.6) is 0 Å². The van der Waals surface area contributed by atoms with E-state index in [0.29, 0.717) is 6.61 Å². The van der Waals surface area contributed by atoms with Gasteiger partial charge in [-0.2, -0.15) is 0 Å². The average molecular weight is 217 g/mol. The van der Waals surface area contributed by atoms with Gasteiger partial charge in [-0.1, -0.05) is 11.3 Å². The predicted octanol–water partition coefficient (Wildman–Crippen LogP) is 2.09. The second kappa shape index (κ2) is 5.14. The number of ether oxygens (including phenoxy) is 1. The quantitative estimate of drug-likeness (QED) is 0.679. The van der Waals surface area contributed by atoms with E-state index in [-0.39, 0.29) is 4.75 Å². The molecule has 0 amide bonds. The SMILES string of the molecule is CCC(C)(C)[S+]([O-])/N=C1/CCCOC1. The van der Waals surface area contributed by atoms with E-state index in [9.17, 15) is 4.55 Å². The summed E-state index contributed by atoms with van der Waals surface area (Å²) in [5, 5.41) is 0. The number of hydrogen-bond donors (Lipinski definition) is 0. The first kappa shape index (κ1) is 12.0. The Hall–Kier alpha value is -0.0600. The number of nitrogens with zero attached hydrogens (tertiary/aromatic N) is 1. The Morgan fingerprint density at radius 3 is 2.79 bits per heavy atom. The van der Waals surface area contributed by atoms with E-state index in [4.69, 9.17) is 4.74 Å². The smallest absolute Gasteiger partial charge is 0.147 e. The van der Waals surface area contributed by atoms with E-state index in [1.807, 2.05) is 20.8 Å². The fourth-order valence-electron chi connectivity index (χ4n) is 1.08. The monoisotopic (exact) mass is 217 g/mol. The zero-order valence-electron chi connectivity index (χ0n) is 9.21. The summed E-state index contributed by atoms with van der Waals surface area (Å²) >= 11 is -1.12. The van der Waals surface area contributed by atoms with E-state index < -0.39 is 11.4 Å². The van der Waals surface area contributed by atoms with E-state index >= 15 is 0 Å². The first-order valence-corrected chi connectivity index (χ1v) is 6.23. The Bertz CT molecular complexity index is 208. The Morgan fingerprint density at radius 2 is 2.29 bits per heavy atom. The van der Waals surface area contributed by atoms with Crippen molar-refractivity contribution in [1.82, 2.24) is 0 Å². The molecular weight excluding hydrogens is 198 g/mol. The van der Waals surface area contributed by atoms with Crippen molar-refractivity contribution < 1.29 is 9.29 Å². The molecule has 82 valence electrons. The van der Waals surface area contributed by atoms with Gasteiger partial charge in [0.1, 0.15) is 16.1 Å². The summed E-state index contributed by atoms with van der Waals surface area (Å²) in [6.45, 7) is 7.37. The van der Waals surface area contributed by atoms with Crippen molar-refractivity contribution in [2.45, 2.75) is 44.8 Å². The molecule has 1 unspecified atom stereocenters. The molecule has 0 aromatic rings. The zero-order valence-corrected chi connectivity index (χ0v) is 10.0. The molecule has 0 radical (unpaired) electrons. The lowest BCUT2D eigenvalue weighted by Gasteiger charge is -2.23. The largest absolute Gasteiger partial charge is 0.591 e. The van der Waals surface area contributed by atoms with Crippen LogP contribution in [0, 0.1) is 0 Å². The van der Waals surface area contributed by atoms with Gasteiger partial charge in [-0.25, -0.2) is 0 Å². The van der Waals surface area contributed by atoms with Crippen LogP contribution in [-0.2, 0) is 16.1 Å². The topological polar surface area (TPSA) is 44.7 Å². The Kier molecular flexibility index (Phi) is 4.41. The number of hydrogen-bond acceptors (Lipinski definition) is 3. The van der Waals surface area contributed by atoms with Crippen molar-refractivity contribution in [2.24, 2.45) is 4.40 Å². The van der Waals surface area contributed by atoms with Crippen molar-refractivity contribution in [1.29, 1.82) is 0 Å². The fraction of sp³-hybridized carbons (Fsp3) is 0.900. The Balaban J connectivity index is 2.56. The molecule has 0 aromatic heterocycles. The van der Waals surface area contributed by atoms with Crippen molar-refractivity contribution in [3.63, 3.8) is 0 Å². The van der Waals surface area contributed by atoms with Crippen LogP contribution in [0.1, 0.15) is 40.0 Å². The van der Waals surface area contributed by atoms with Gasteiger partial charge in [0.25, 0.3) is 0 Å². The van der Waals surface area contributed by atoms with Gasteiger partial charge in [0, 0.05) is 6.61 Å². The molecule has 0 N–H and O–H groups in total. The van der Waals surface area contributed by atoms with Crippen LogP contribution < -0.4 is 0 Å². The average Bonchev–Trinajstić information content (AvgIpc) is 2.19. The van der Waals surface area contributed by atoms with Crippen LogP contribution in [0.15, 0.2) is 4.40 Å². The minimum atomic E-state index is -1.12. The van der Waals surface area contributed by atoms with E-state index in [1.165, 1.54) is 0 Å². The van der Waals surface area contributed by atoms with E-state index in [1.54, 1.807) is 0 Å². The maximum absolute atomic E-state index is 11.8. The molecule has 1 atom stereocenters. The summed E-state index contributed by atoms with van der Waals surface area (Å²) in [4.78, 5) is 0. The van der Waals surface area contributed by atoms with Crippen LogP contribution in [0.3, 0.4) is 0 Å². The van der Waals surface area contributed by atoms with Gasteiger partial charge in [-0.3, -0.25) is 0 Å². The van der Waals surface area contributed by atoms with Crippen molar-refractivity contribution in [3.8, 4) is 0 Å². The third-order valence-corrected chi connectivity index (χ3v) is 4.22. The molecule has 1 saturated heterocycles. The first-order chi connectivity index (χ1) is 6.56. The summed E-state index contributed by atoms with van der Waals surface area (Å²) in [5.74, 6) is 0. The molecule has 4 heteroatoms. The predicted molar refractivity (Wildman–Crippen MR) is 60.0 cm³/mol. The summed E-state index contributed by atoms with van der Waals surface area (Å²) < 4.78 is 21.1. The molecule has 3 nitrogen and oxygen atoms in total. The highest BCUT2D eigenvalue weighted by Gasteiger charge is 2.31. The zero-order chi connectivity index (χ0) is 10.6. The maximum Gasteiger partial charge on any atom is 0.147 e. The van der Waals surface area contributed by atoms with Gasteiger partial charge in [0.2, 0.25) is 0 Å². The van der Waals surface area contributed by atoms with Gasteiger partial charge in [0.05, 0.1) is 12.3 Å². The summed E-state index contributed by atoms with van der Waals surface area (Å²) in [6, 6.07) is 0. The van der Waals surface area contributed by atoms with Crippen LogP contribution in [0.2, 0.25) is 0 Å². The molecule has 14 heavy (non-hydrogen) atoms. The molecule has 1 aliphatic rings. The lowest BCUT2D eigenvalue weighted by molar-refractivity contribution is 0.154. The lowest BCUT2D eigenvalue weighted by atomic mass is 10.1. The molecular formula is C10H19NO2S. The van der Waals surface area contributed by atoms with Crippen LogP contribution in [0.4, 0.5) is 0 Å². The van der Waals surface area contributed by atoms with Gasteiger partial charge >= 0.3 is 0 Å². The highest BCUT2D eigenvalue weighted by atomic mass is 32.2. The van der Waals surface area contributed by atoms with Crippen molar-refractivity contribution in [2.75, 3.05) is 13.2 Å². The second-order valence-electron chi connectivity index (χ2n) is 4.18. The molecule has 0 saturated carbocycles. The normalized spacial score (nSPS) is 23.9. The second-order valence-corrected chi connectivity index (χ2v) is 5.96. The minimum absolute atomic E-state index is 0.218. The third kappa shape index (κ3) is 3.26. The summed E-state index contributed by atoms with van der Waals surface area (Å²) in [7, 11) is 0. The molecule has 0 aliphatic carbocycles. The van der Waals surface area contributed by atoms with Crippen LogP contribution in [-0.4, -0.2) is 28.2 Å². The molecule has 0 spiro atoms. The van der Waals surface area contributed by atoms with Gasteiger partial charge in [-0.05, 0) is 33.1 Å². The Labute approximate surface area is 89.3 Å². The third-order valence-electron chi connectivity index (χ3n) is 2.56. The van der Waals surface area contributed by atoms with Crippen molar-refractivity contribution >= 4 is 17.1 Å². The van der Waals surface area contributed by atoms with Gasteiger partial charge in [0.15, 0.2) is 0 Å². The molecule has 1 fully saturated rings. The van der Waals surface area contributed by atoms with Crippen molar-refractivity contribution in [3.05, 3.63) is 0 Å². The Morgan fingerprint density at radius 1 is 1.57 bits per heavy atom. The van der Waals surface area contributed by atoms with Crippen LogP contribution >= 0.6 is 0 Å². The van der Waals surface area contributed by atoms with Gasteiger partial charge in [-0.15, -0.1) is 0 Å². The summed E-state index contributed by atoms with van der Waals surface area (Å²) in [6.07, 6.45) is 2.81. The summed E-state index contributed by atoms with van der Waals surface area (Å²) in [5.41, 5.74) is 0.955. The molecule has 1 heterocycles. The van der Waals surface area contributed by atoms with Crippen LogP contribution in [0.25, 0.3) is 0 Å². The minimum Gasteiger partial charge on any atom is -0.591 e. The highest BCUT2D eigenvalue weighted by molar-refractivity contribution is 7.91. The maximum atomic E-state index is 11.8. The molecule has 1 rings (SSSR count). The fourth-order valence-corrected chi connectivity index (χ4v) is 1.95. The molecule has 1 aliphatic heterocycles. The standard InChI is InChI=1S/C10H19NO2S/c1-4-10(2,3)14(12)11-9-6-5-7-13-8-9/h4-8H2,1-3H3/b11-9-. The van der Waals surface area contributed by atoms with E-state index in [2.05, 4.69) is 4.40 Å². The first-order valence-electron chi connectivity index (χ1n) is 5.12. The van der Waals surface area contributed by atoms with Gasteiger partial charge < -0.3 is 9.29 Å². The number of rotatable bonds is 3. The highest BCUT2D eigenvalue weighted by Crippen LogP contribution is 2.23.